The molecule has 0 aromatic heterocycles. The van der Waals surface area contributed by atoms with Crippen molar-refractivity contribution in [3.8, 4) is 5.75 Å². The number of hydrogen-bond donors (Lipinski definition) is 1. The van der Waals surface area contributed by atoms with Gasteiger partial charge in [-0.1, -0.05) is 18.9 Å². The standard InChI is InChI=1S/C13H19NOS/c1-2-15-11-8-5-9-12(13(11)14)16-10-6-3-4-7-10/h5,8-10H,2-4,6-7,14H2,1H3. The highest BCUT2D eigenvalue weighted by atomic mass is 32.2. The van der Waals surface area contributed by atoms with Crippen molar-refractivity contribution < 1.29 is 4.74 Å². The van der Waals surface area contributed by atoms with Gasteiger partial charge in [0.25, 0.3) is 0 Å². The van der Waals surface area contributed by atoms with E-state index in [1.54, 1.807) is 0 Å². The Kier molecular flexibility index (Phi) is 3.99. The third-order valence-corrected chi connectivity index (χ3v) is 4.34. The Balaban J connectivity index is 2.10. The Hall–Kier alpha value is -0.830. The second-order valence-electron chi connectivity index (χ2n) is 4.13. The van der Waals surface area contributed by atoms with Crippen LogP contribution in [0, 0.1) is 0 Å². The van der Waals surface area contributed by atoms with E-state index in [4.69, 9.17) is 10.5 Å². The number of rotatable bonds is 4. The van der Waals surface area contributed by atoms with Gasteiger partial charge in [0.2, 0.25) is 0 Å². The maximum absolute atomic E-state index is 6.10. The van der Waals surface area contributed by atoms with Gasteiger partial charge in [-0.2, -0.15) is 0 Å². The van der Waals surface area contributed by atoms with Crippen molar-refractivity contribution in [2.75, 3.05) is 12.3 Å². The first-order valence-electron chi connectivity index (χ1n) is 5.99. The molecule has 0 atom stereocenters. The number of ether oxygens (including phenoxy) is 1. The molecule has 0 saturated heterocycles. The molecule has 0 amide bonds. The zero-order chi connectivity index (χ0) is 11.4. The van der Waals surface area contributed by atoms with Crippen molar-refractivity contribution in [2.45, 2.75) is 42.8 Å². The Morgan fingerprint density at radius 3 is 2.81 bits per heavy atom. The molecule has 2 nitrogen and oxygen atoms in total. The molecule has 0 aliphatic heterocycles. The summed E-state index contributed by atoms with van der Waals surface area (Å²) in [6.07, 6.45) is 5.37. The van der Waals surface area contributed by atoms with Gasteiger partial charge >= 0.3 is 0 Å². The van der Waals surface area contributed by atoms with Crippen LogP contribution < -0.4 is 10.5 Å². The zero-order valence-corrected chi connectivity index (χ0v) is 10.6. The molecule has 16 heavy (non-hydrogen) atoms. The Bertz CT molecular complexity index is 348. The summed E-state index contributed by atoms with van der Waals surface area (Å²) in [6, 6.07) is 6.07. The number of hydrogen-bond acceptors (Lipinski definition) is 3. The third-order valence-electron chi connectivity index (χ3n) is 2.92. The molecule has 1 aromatic carbocycles. The van der Waals surface area contributed by atoms with Crippen LogP contribution in [-0.2, 0) is 0 Å². The summed E-state index contributed by atoms with van der Waals surface area (Å²) in [5.41, 5.74) is 6.91. The van der Waals surface area contributed by atoms with Gasteiger partial charge in [0, 0.05) is 10.1 Å². The van der Waals surface area contributed by atoms with Gasteiger partial charge in [-0.15, -0.1) is 11.8 Å². The Morgan fingerprint density at radius 1 is 1.38 bits per heavy atom. The molecular weight excluding hydrogens is 218 g/mol. The fourth-order valence-electron chi connectivity index (χ4n) is 2.09. The number of anilines is 1. The molecule has 0 heterocycles. The van der Waals surface area contributed by atoms with E-state index >= 15 is 0 Å². The van der Waals surface area contributed by atoms with E-state index in [9.17, 15) is 0 Å². The summed E-state index contributed by atoms with van der Waals surface area (Å²) in [7, 11) is 0. The number of nitrogens with two attached hydrogens (primary N) is 1. The van der Waals surface area contributed by atoms with Crippen molar-refractivity contribution in [1.29, 1.82) is 0 Å². The molecule has 2 N–H and O–H groups in total. The van der Waals surface area contributed by atoms with Gasteiger partial charge in [0.1, 0.15) is 5.75 Å². The van der Waals surface area contributed by atoms with E-state index in [0.717, 1.165) is 16.7 Å². The van der Waals surface area contributed by atoms with Crippen LogP contribution in [0.4, 0.5) is 5.69 Å². The normalized spacial score (nSPS) is 16.6. The highest BCUT2D eigenvalue weighted by molar-refractivity contribution is 8.00. The van der Waals surface area contributed by atoms with Crippen LogP contribution in [0.15, 0.2) is 23.1 Å². The quantitative estimate of drug-likeness (QED) is 0.811. The third kappa shape index (κ3) is 2.64. The lowest BCUT2D eigenvalue weighted by molar-refractivity contribution is 0.341. The molecule has 1 fully saturated rings. The van der Waals surface area contributed by atoms with Gasteiger partial charge in [0.05, 0.1) is 12.3 Å². The summed E-state index contributed by atoms with van der Waals surface area (Å²) in [5, 5.41) is 0.749. The molecular formula is C13H19NOS. The van der Waals surface area contributed by atoms with Crippen LogP contribution in [0.2, 0.25) is 0 Å². The lowest BCUT2D eigenvalue weighted by Crippen LogP contribution is -2.00. The zero-order valence-electron chi connectivity index (χ0n) is 9.74. The molecule has 1 saturated carbocycles. The van der Waals surface area contributed by atoms with E-state index in [2.05, 4.69) is 6.07 Å². The smallest absolute Gasteiger partial charge is 0.143 e. The predicted octanol–water partition coefficient (Wildman–Crippen LogP) is 3.70. The van der Waals surface area contributed by atoms with Crippen molar-refractivity contribution in [3.05, 3.63) is 18.2 Å². The fraction of sp³-hybridized carbons (Fsp3) is 0.538. The van der Waals surface area contributed by atoms with Crippen LogP contribution >= 0.6 is 11.8 Å². The van der Waals surface area contributed by atoms with E-state index in [-0.39, 0.29) is 0 Å². The molecule has 1 aliphatic carbocycles. The summed E-state index contributed by atoms with van der Waals surface area (Å²) in [6.45, 7) is 2.65. The van der Waals surface area contributed by atoms with Crippen LogP contribution in [0.3, 0.4) is 0 Å². The van der Waals surface area contributed by atoms with Crippen molar-refractivity contribution in [3.63, 3.8) is 0 Å². The van der Waals surface area contributed by atoms with Gasteiger partial charge in [-0.05, 0) is 31.9 Å². The first kappa shape index (κ1) is 11.6. The second-order valence-corrected chi connectivity index (χ2v) is 5.47. The fourth-order valence-corrected chi connectivity index (χ4v) is 3.41. The highest BCUT2D eigenvalue weighted by Gasteiger charge is 2.18. The molecule has 2 rings (SSSR count). The number of para-hydroxylation sites is 1. The molecule has 1 aliphatic rings. The van der Waals surface area contributed by atoms with Crippen LogP contribution in [0.5, 0.6) is 5.75 Å². The number of thioether (sulfide) groups is 1. The molecule has 3 heteroatoms. The minimum atomic E-state index is 0.668. The predicted molar refractivity (Wildman–Crippen MR) is 70.1 cm³/mol. The number of nitrogen functional groups attached to an aromatic ring is 1. The van der Waals surface area contributed by atoms with Crippen LogP contribution in [-0.4, -0.2) is 11.9 Å². The maximum Gasteiger partial charge on any atom is 0.143 e. The van der Waals surface area contributed by atoms with Gasteiger partial charge in [-0.3, -0.25) is 0 Å². The average molecular weight is 237 g/mol. The van der Waals surface area contributed by atoms with Gasteiger partial charge in [0.15, 0.2) is 0 Å². The summed E-state index contributed by atoms with van der Waals surface area (Å²) >= 11 is 1.91. The summed E-state index contributed by atoms with van der Waals surface area (Å²) in [5.74, 6) is 0.825. The van der Waals surface area contributed by atoms with Crippen molar-refractivity contribution >= 4 is 17.4 Å². The Morgan fingerprint density at radius 2 is 2.12 bits per heavy atom. The molecule has 0 unspecified atom stereocenters. The maximum atomic E-state index is 6.10. The first-order chi connectivity index (χ1) is 7.81. The molecule has 0 bridgehead atoms. The Labute approximate surface area is 102 Å². The SMILES string of the molecule is CCOc1cccc(SC2CCCC2)c1N. The monoisotopic (exact) mass is 237 g/mol. The van der Waals surface area contributed by atoms with E-state index in [1.165, 1.54) is 30.6 Å². The average Bonchev–Trinajstić information content (AvgIpc) is 2.77. The minimum Gasteiger partial charge on any atom is -0.492 e. The van der Waals surface area contributed by atoms with Gasteiger partial charge in [-0.25, -0.2) is 0 Å². The molecule has 1 aromatic rings. The van der Waals surface area contributed by atoms with Gasteiger partial charge < -0.3 is 10.5 Å². The van der Waals surface area contributed by atoms with E-state index in [0.29, 0.717) is 6.61 Å². The lowest BCUT2D eigenvalue weighted by atomic mass is 10.3. The summed E-state index contributed by atoms with van der Waals surface area (Å²) < 4.78 is 5.50. The topological polar surface area (TPSA) is 35.2 Å². The van der Waals surface area contributed by atoms with E-state index in [1.807, 2.05) is 30.8 Å². The molecule has 88 valence electrons. The largest absolute Gasteiger partial charge is 0.492 e. The van der Waals surface area contributed by atoms with Crippen molar-refractivity contribution in [2.24, 2.45) is 0 Å². The first-order valence-corrected chi connectivity index (χ1v) is 6.87. The number of benzene rings is 1. The van der Waals surface area contributed by atoms with E-state index < -0.39 is 0 Å². The van der Waals surface area contributed by atoms with Crippen LogP contribution in [0.1, 0.15) is 32.6 Å². The van der Waals surface area contributed by atoms with Crippen molar-refractivity contribution in [1.82, 2.24) is 0 Å². The van der Waals surface area contributed by atoms with Crippen LogP contribution in [0.25, 0.3) is 0 Å². The lowest BCUT2D eigenvalue weighted by Gasteiger charge is -2.13. The molecule has 0 spiro atoms. The molecule has 0 radical (unpaired) electrons. The highest BCUT2D eigenvalue weighted by Crippen LogP contribution is 2.40. The summed E-state index contributed by atoms with van der Waals surface area (Å²) in [4.78, 5) is 1.18. The second kappa shape index (κ2) is 5.48. The minimum absolute atomic E-state index is 0.668.